The van der Waals surface area contributed by atoms with Gasteiger partial charge < -0.3 is 28.4 Å². The fraction of sp³-hybridized carbons (Fsp3) is 0.958. The first kappa shape index (κ1) is 44.0. The van der Waals surface area contributed by atoms with Gasteiger partial charge in [-0.25, -0.2) is 0 Å². The van der Waals surface area contributed by atoms with Gasteiger partial charge in [0.25, 0.3) is 0 Å². The zero-order chi connectivity index (χ0) is 25.6. The van der Waals surface area contributed by atoms with E-state index in [1.54, 1.807) is 6.92 Å². The summed E-state index contributed by atoms with van der Waals surface area (Å²) in [6, 6.07) is 0. The molecule has 196 valence electrons. The molecule has 0 radical (unpaired) electrons. The fourth-order valence-electron chi connectivity index (χ4n) is 1.22. The molecule has 7 nitrogen and oxygen atoms in total. The summed E-state index contributed by atoms with van der Waals surface area (Å²) >= 11 is 0. The van der Waals surface area contributed by atoms with Crippen LogP contribution in [0.3, 0.4) is 0 Å². The van der Waals surface area contributed by atoms with Gasteiger partial charge in [0.05, 0.1) is 6.61 Å². The van der Waals surface area contributed by atoms with Gasteiger partial charge in [-0.1, -0.05) is 0 Å². The normalized spacial score (nSPS) is 8.26. The van der Waals surface area contributed by atoms with E-state index in [1.165, 1.54) is 6.92 Å². The van der Waals surface area contributed by atoms with Crippen LogP contribution in [0.15, 0.2) is 0 Å². The molecule has 0 aliphatic rings. The average molecular weight is 459 g/mol. The highest BCUT2D eigenvalue weighted by Gasteiger charge is 1.81. The molecule has 0 heterocycles. The second-order valence-electron chi connectivity index (χ2n) is 4.83. The van der Waals surface area contributed by atoms with Crippen LogP contribution in [0.25, 0.3) is 0 Å². The molecule has 0 atom stereocenters. The Morgan fingerprint density at radius 3 is 0.548 bits per heavy atom. The second-order valence-corrected chi connectivity index (χ2v) is 4.83. The maximum absolute atomic E-state index is 9.82. The summed E-state index contributed by atoms with van der Waals surface area (Å²) in [4.78, 5) is 9.82. The Hall–Kier alpha value is -0.730. The van der Waals surface area contributed by atoms with Crippen molar-refractivity contribution in [2.45, 2.75) is 83.1 Å². The average Bonchev–Trinajstić information content (AvgIpc) is 2.73. The quantitative estimate of drug-likeness (QED) is 0.363. The van der Waals surface area contributed by atoms with E-state index in [2.05, 4.69) is 4.74 Å². The van der Waals surface area contributed by atoms with Crippen LogP contribution in [0.2, 0.25) is 0 Å². The lowest BCUT2D eigenvalue weighted by molar-refractivity contribution is -0.140. The first-order valence-corrected chi connectivity index (χ1v) is 11.9. The minimum absolute atomic E-state index is 0.211. The second kappa shape index (κ2) is 63.0. The van der Waals surface area contributed by atoms with E-state index in [-0.39, 0.29) is 5.97 Å². The van der Waals surface area contributed by atoms with Crippen molar-refractivity contribution < 1.29 is 33.2 Å². The summed E-state index contributed by atoms with van der Waals surface area (Å²) in [6.07, 6.45) is 0. The predicted octanol–water partition coefficient (Wildman–Crippen LogP) is 5.78. The van der Waals surface area contributed by atoms with Crippen LogP contribution in [0, 0.1) is 0 Å². The van der Waals surface area contributed by atoms with Gasteiger partial charge in [0.1, 0.15) is 0 Å². The van der Waals surface area contributed by atoms with Crippen LogP contribution in [-0.2, 0) is 33.2 Å². The third-order valence-corrected chi connectivity index (χ3v) is 2.39. The van der Waals surface area contributed by atoms with E-state index in [0.717, 1.165) is 66.1 Å². The van der Waals surface area contributed by atoms with Crippen molar-refractivity contribution >= 4 is 5.97 Å². The summed E-state index contributed by atoms with van der Waals surface area (Å²) in [5.74, 6) is -0.211. The summed E-state index contributed by atoms with van der Waals surface area (Å²) in [5, 5.41) is 0. The molecule has 0 fully saturated rings. The summed E-state index contributed by atoms with van der Waals surface area (Å²) in [6.45, 7) is 32.0. The van der Waals surface area contributed by atoms with Crippen molar-refractivity contribution in [2.75, 3.05) is 72.7 Å². The number of carbonyl (C=O) groups excluding carboxylic acids is 1. The molecular weight excluding hydrogens is 400 g/mol. The van der Waals surface area contributed by atoms with Gasteiger partial charge >= 0.3 is 5.97 Å². The largest absolute Gasteiger partial charge is 0.466 e. The van der Waals surface area contributed by atoms with Crippen molar-refractivity contribution in [1.82, 2.24) is 0 Å². The topological polar surface area (TPSA) is 72.5 Å². The van der Waals surface area contributed by atoms with Crippen LogP contribution in [-0.4, -0.2) is 78.6 Å². The molecule has 0 aromatic rings. The van der Waals surface area contributed by atoms with Gasteiger partial charge in [-0.05, 0) is 76.2 Å². The smallest absolute Gasteiger partial charge is 0.302 e. The first-order chi connectivity index (χ1) is 14.8. The molecule has 0 bridgehead atoms. The molecule has 0 N–H and O–H groups in total. The molecule has 0 aliphatic heterocycles. The molecule has 0 aliphatic carbocycles. The highest BCUT2D eigenvalue weighted by molar-refractivity contribution is 5.65. The molecule has 0 saturated carbocycles. The van der Waals surface area contributed by atoms with Crippen LogP contribution in [0.5, 0.6) is 0 Å². The number of ether oxygens (including phenoxy) is 6. The van der Waals surface area contributed by atoms with E-state index < -0.39 is 0 Å². The number of carbonyl (C=O) groups is 1. The van der Waals surface area contributed by atoms with Crippen molar-refractivity contribution in [2.24, 2.45) is 0 Å². The molecule has 7 heteroatoms. The Labute approximate surface area is 195 Å². The Balaban J connectivity index is -0.0000000606. The molecular formula is C24H58O7. The van der Waals surface area contributed by atoms with Gasteiger partial charge in [-0.3, -0.25) is 4.79 Å². The molecule has 0 unspecified atom stereocenters. The molecule has 0 amide bonds. The predicted molar refractivity (Wildman–Crippen MR) is 133 cm³/mol. The molecule has 0 saturated heterocycles. The van der Waals surface area contributed by atoms with Crippen LogP contribution >= 0.6 is 0 Å². The molecule has 0 rings (SSSR count). The lowest BCUT2D eigenvalue weighted by atomic mass is 10.8. The first-order valence-electron chi connectivity index (χ1n) is 11.9. The van der Waals surface area contributed by atoms with Crippen LogP contribution in [0.1, 0.15) is 83.1 Å². The number of hydrogen-bond acceptors (Lipinski definition) is 7. The SMILES string of the molecule is CCOC(C)=O.CCOCC.CCOCC.CCOCC.CCOCC.CCOCC. The monoisotopic (exact) mass is 458 g/mol. The lowest BCUT2D eigenvalue weighted by Crippen LogP contribution is -1.95. The fourth-order valence-corrected chi connectivity index (χ4v) is 1.22. The summed E-state index contributed by atoms with van der Waals surface area (Å²) in [5.41, 5.74) is 0. The van der Waals surface area contributed by atoms with Crippen molar-refractivity contribution in [3.63, 3.8) is 0 Å². The van der Waals surface area contributed by atoms with Gasteiger partial charge in [0.15, 0.2) is 0 Å². The minimum Gasteiger partial charge on any atom is -0.466 e. The molecule has 0 aromatic carbocycles. The number of rotatable bonds is 11. The number of hydrogen-bond donors (Lipinski definition) is 0. The Morgan fingerprint density at radius 2 is 0.548 bits per heavy atom. The summed E-state index contributed by atoms with van der Waals surface area (Å²) in [7, 11) is 0. The van der Waals surface area contributed by atoms with E-state index in [4.69, 9.17) is 23.7 Å². The zero-order valence-corrected chi connectivity index (χ0v) is 23.1. The highest BCUT2D eigenvalue weighted by Crippen LogP contribution is 1.70. The van der Waals surface area contributed by atoms with Crippen molar-refractivity contribution in [3.05, 3.63) is 0 Å². The van der Waals surface area contributed by atoms with E-state index >= 15 is 0 Å². The number of esters is 1. The Bertz CT molecular complexity index is 183. The molecule has 0 spiro atoms. The van der Waals surface area contributed by atoms with Gasteiger partial charge in [0.2, 0.25) is 0 Å². The maximum Gasteiger partial charge on any atom is 0.302 e. The highest BCUT2D eigenvalue weighted by atomic mass is 16.5. The third kappa shape index (κ3) is 145. The maximum atomic E-state index is 9.82. The Morgan fingerprint density at radius 1 is 0.387 bits per heavy atom. The van der Waals surface area contributed by atoms with Gasteiger partial charge in [0, 0.05) is 73.0 Å². The van der Waals surface area contributed by atoms with Crippen molar-refractivity contribution in [3.8, 4) is 0 Å². The standard InChI is InChI=1S/C4H8O2.5C4H10O/c1-3-6-4(2)5;5*1-3-5-4-2/h3H2,1-2H3;5*3-4H2,1-2H3. The Kier molecular flexibility index (Phi) is 89.5. The van der Waals surface area contributed by atoms with E-state index in [1.807, 2.05) is 69.2 Å². The van der Waals surface area contributed by atoms with E-state index in [9.17, 15) is 4.79 Å². The van der Waals surface area contributed by atoms with Crippen LogP contribution in [0.4, 0.5) is 0 Å². The van der Waals surface area contributed by atoms with Gasteiger partial charge in [-0.15, -0.1) is 0 Å². The van der Waals surface area contributed by atoms with E-state index in [0.29, 0.717) is 6.61 Å². The van der Waals surface area contributed by atoms with Gasteiger partial charge in [-0.2, -0.15) is 0 Å². The van der Waals surface area contributed by atoms with Crippen LogP contribution < -0.4 is 0 Å². The van der Waals surface area contributed by atoms with Crippen molar-refractivity contribution in [1.29, 1.82) is 0 Å². The minimum atomic E-state index is -0.211. The third-order valence-electron chi connectivity index (χ3n) is 2.39. The molecule has 31 heavy (non-hydrogen) atoms. The summed E-state index contributed by atoms with van der Waals surface area (Å²) < 4.78 is 28.6. The lowest BCUT2D eigenvalue weighted by Gasteiger charge is -1.89. The molecule has 0 aromatic heterocycles. The zero-order valence-electron chi connectivity index (χ0n) is 23.1.